The second-order valence-corrected chi connectivity index (χ2v) is 9.18. The fourth-order valence-electron chi connectivity index (χ4n) is 3.42. The first-order valence-corrected chi connectivity index (χ1v) is 10.7. The Bertz CT molecular complexity index is 977. The van der Waals surface area contributed by atoms with Gasteiger partial charge in [0.05, 0.1) is 4.90 Å². The van der Waals surface area contributed by atoms with E-state index in [0.29, 0.717) is 18.9 Å². The zero-order valence-corrected chi connectivity index (χ0v) is 16.8. The Morgan fingerprint density at radius 1 is 1.24 bits per heavy atom. The first-order chi connectivity index (χ1) is 13.8. The van der Waals surface area contributed by atoms with Crippen molar-refractivity contribution in [1.29, 1.82) is 0 Å². The molecule has 1 amide bonds. The van der Waals surface area contributed by atoms with Crippen molar-refractivity contribution in [2.24, 2.45) is 0 Å². The summed E-state index contributed by atoms with van der Waals surface area (Å²) in [6, 6.07) is 13.7. The number of hydrogen-bond acceptors (Lipinski definition) is 7. The highest BCUT2D eigenvalue weighted by Crippen LogP contribution is 2.30. The van der Waals surface area contributed by atoms with Crippen molar-refractivity contribution >= 4 is 15.7 Å². The summed E-state index contributed by atoms with van der Waals surface area (Å²) in [5.74, 6) is -0.655. The zero-order chi connectivity index (χ0) is 21.1. The van der Waals surface area contributed by atoms with Gasteiger partial charge in [0.25, 0.3) is 5.91 Å². The van der Waals surface area contributed by atoms with Crippen LogP contribution in [0.2, 0.25) is 0 Å². The van der Waals surface area contributed by atoms with Gasteiger partial charge in [-0.1, -0.05) is 24.3 Å². The molecule has 4 N–H and O–H groups in total. The fraction of sp³-hybridized carbons (Fsp3) is 0.350. The number of sulfone groups is 1. The number of hydroxylamine groups is 1. The van der Waals surface area contributed by atoms with Crippen molar-refractivity contribution in [3.63, 3.8) is 0 Å². The maximum absolute atomic E-state index is 13.1. The maximum Gasteiger partial charge on any atom is 0.277 e. The summed E-state index contributed by atoms with van der Waals surface area (Å²) in [7, 11) is -4.03. The van der Waals surface area contributed by atoms with E-state index in [1.165, 1.54) is 29.7 Å². The Hall–Kier alpha value is -2.46. The first kappa shape index (κ1) is 21.3. The first-order valence-electron chi connectivity index (χ1n) is 9.18. The van der Waals surface area contributed by atoms with Gasteiger partial charge in [0.15, 0.2) is 15.4 Å². The number of benzene rings is 2. The van der Waals surface area contributed by atoms with Crippen LogP contribution in [0.3, 0.4) is 0 Å². The number of aryl methyl sites for hydroxylation is 1. The van der Waals surface area contributed by atoms with Crippen LogP contribution < -0.4 is 15.5 Å². The highest BCUT2D eigenvalue weighted by Gasteiger charge is 2.52. The van der Waals surface area contributed by atoms with Gasteiger partial charge >= 0.3 is 0 Å². The van der Waals surface area contributed by atoms with E-state index in [2.05, 4.69) is 5.32 Å². The van der Waals surface area contributed by atoms with Crippen LogP contribution in [0.1, 0.15) is 17.5 Å². The summed E-state index contributed by atoms with van der Waals surface area (Å²) in [4.78, 5) is 11.9. The lowest BCUT2D eigenvalue weighted by Gasteiger charge is -2.37. The summed E-state index contributed by atoms with van der Waals surface area (Å²) in [6.45, 7) is 2.38. The van der Waals surface area contributed by atoms with Gasteiger partial charge in [-0.3, -0.25) is 10.0 Å². The van der Waals surface area contributed by atoms with E-state index in [1.807, 2.05) is 31.2 Å². The number of hydrogen-bond donors (Lipinski definition) is 4. The molecule has 2 aromatic rings. The monoisotopic (exact) mass is 420 g/mol. The number of amides is 1. The molecular formula is C20H24N2O6S. The predicted octanol–water partition coefficient (Wildman–Crippen LogP) is 0.946. The number of ether oxygens (including phenoxy) is 1. The number of carbonyl (C=O) groups is 1. The van der Waals surface area contributed by atoms with Crippen LogP contribution in [0.4, 0.5) is 0 Å². The lowest BCUT2D eigenvalue weighted by atomic mass is 9.93. The second-order valence-electron chi connectivity index (χ2n) is 7.05. The topological polar surface area (TPSA) is 125 Å². The molecule has 3 rings (SSSR count). The summed E-state index contributed by atoms with van der Waals surface area (Å²) < 4.78 is 31.9. The van der Waals surface area contributed by atoms with Crippen molar-refractivity contribution in [2.75, 3.05) is 13.1 Å². The summed E-state index contributed by atoms with van der Waals surface area (Å²) in [5.41, 5.74) is 1.21. The SMILES string of the molecule is Cc1ccccc1COc1ccc(S(=O)(=O)C2CCNCC2(O)C(=O)NO)cc1. The average molecular weight is 420 g/mol. The van der Waals surface area contributed by atoms with E-state index in [-0.39, 0.29) is 17.9 Å². The molecule has 0 spiro atoms. The molecule has 0 aliphatic carbocycles. The number of aliphatic hydroxyl groups is 1. The van der Waals surface area contributed by atoms with Gasteiger partial charge in [0.2, 0.25) is 0 Å². The van der Waals surface area contributed by atoms with Gasteiger partial charge in [-0.2, -0.15) is 0 Å². The van der Waals surface area contributed by atoms with Crippen molar-refractivity contribution in [3.05, 3.63) is 59.7 Å². The minimum Gasteiger partial charge on any atom is -0.489 e. The molecule has 2 aromatic carbocycles. The molecule has 0 aromatic heterocycles. The molecule has 8 nitrogen and oxygen atoms in total. The van der Waals surface area contributed by atoms with E-state index < -0.39 is 26.6 Å². The number of β-amino-alcohol motifs (C(OH)–C–C–N with tert-alkyl or cyclic N) is 1. The Kier molecular flexibility index (Phi) is 6.23. The summed E-state index contributed by atoms with van der Waals surface area (Å²) >= 11 is 0. The predicted molar refractivity (Wildman–Crippen MR) is 105 cm³/mol. The molecule has 0 saturated carbocycles. The normalized spacial score (nSPS) is 22.1. The van der Waals surface area contributed by atoms with E-state index >= 15 is 0 Å². The molecule has 9 heteroatoms. The molecule has 2 unspecified atom stereocenters. The lowest BCUT2D eigenvalue weighted by Crippen LogP contribution is -2.65. The number of carbonyl (C=O) groups excluding carboxylic acids is 1. The molecule has 1 saturated heterocycles. The molecule has 156 valence electrons. The highest BCUT2D eigenvalue weighted by atomic mass is 32.2. The van der Waals surface area contributed by atoms with Gasteiger partial charge < -0.3 is 15.2 Å². The Balaban J connectivity index is 1.79. The number of rotatable bonds is 6. The third-order valence-electron chi connectivity index (χ3n) is 5.19. The highest BCUT2D eigenvalue weighted by molar-refractivity contribution is 7.92. The van der Waals surface area contributed by atoms with Crippen LogP contribution >= 0.6 is 0 Å². The average Bonchev–Trinajstić information content (AvgIpc) is 2.73. The molecular weight excluding hydrogens is 396 g/mol. The smallest absolute Gasteiger partial charge is 0.277 e. The molecule has 1 fully saturated rings. The summed E-state index contributed by atoms with van der Waals surface area (Å²) in [5, 5.41) is 21.0. The largest absolute Gasteiger partial charge is 0.489 e. The van der Waals surface area contributed by atoms with E-state index in [1.54, 1.807) is 0 Å². The standard InChI is InChI=1S/C20H24N2O6S/c1-14-4-2-3-5-15(14)12-28-16-6-8-17(9-7-16)29(26,27)18-10-11-21-13-20(18,24)19(23)22-25/h2-9,18,21,24-25H,10-13H2,1H3,(H,22,23). The van der Waals surface area contributed by atoms with Crippen LogP contribution in [0.25, 0.3) is 0 Å². The Morgan fingerprint density at radius 3 is 2.59 bits per heavy atom. The quantitative estimate of drug-likeness (QED) is 0.405. The van der Waals surface area contributed by atoms with Crippen LogP contribution in [-0.4, -0.2) is 48.6 Å². The zero-order valence-electron chi connectivity index (χ0n) is 16.0. The van der Waals surface area contributed by atoms with Gasteiger partial charge in [-0.05, 0) is 55.3 Å². The summed E-state index contributed by atoms with van der Waals surface area (Å²) in [6.07, 6.45) is 0.0256. The molecule has 1 aliphatic rings. The van der Waals surface area contributed by atoms with Gasteiger partial charge in [0.1, 0.15) is 17.6 Å². The molecule has 1 aliphatic heterocycles. The van der Waals surface area contributed by atoms with Crippen LogP contribution in [-0.2, 0) is 21.2 Å². The molecule has 29 heavy (non-hydrogen) atoms. The van der Waals surface area contributed by atoms with E-state index in [0.717, 1.165) is 11.1 Å². The lowest BCUT2D eigenvalue weighted by molar-refractivity contribution is -0.149. The van der Waals surface area contributed by atoms with Crippen molar-refractivity contribution in [3.8, 4) is 5.75 Å². The van der Waals surface area contributed by atoms with Crippen LogP contribution in [0.5, 0.6) is 5.75 Å². The number of nitrogens with one attached hydrogen (secondary N) is 2. The molecule has 1 heterocycles. The Morgan fingerprint density at radius 2 is 1.93 bits per heavy atom. The fourth-order valence-corrected chi connectivity index (χ4v) is 5.40. The van der Waals surface area contributed by atoms with Crippen molar-refractivity contribution in [2.45, 2.75) is 35.7 Å². The second kappa shape index (κ2) is 8.50. The maximum atomic E-state index is 13.1. The molecule has 0 bridgehead atoms. The van der Waals surface area contributed by atoms with E-state index in [4.69, 9.17) is 9.94 Å². The minimum absolute atomic E-state index is 0.0256. The Labute approximate surface area is 169 Å². The van der Waals surface area contributed by atoms with Crippen molar-refractivity contribution in [1.82, 2.24) is 10.8 Å². The molecule has 0 radical (unpaired) electrons. The van der Waals surface area contributed by atoms with Crippen molar-refractivity contribution < 1.29 is 28.3 Å². The number of piperidine rings is 1. The van der Waals surface area contributed by atoms with Gasteiger partial charge in [0, 0.05) is 6.54 Å². The third kappa shape index (κ3) is 4.27. The minimum atomic E-state index is -4.03. The van der Waals surface area contributed by atoms with Gasteiger partial charge in [-0.25, -0.2) is 13.9 Å². The third-order valence-corrected chi connectivity index (χ3v) is 7.49. The molecule has 2 atom stereocenters. The van der Waals surface area contributed by atoms with Crippen LogP contribution in [0.15, 0.2) is 53.4 Å². The van der Waals surface area contributed by atoms with Crippen LogP contribution in [0, 0.1) is 6.92 Å². The van der Waals surface area contributed by atoms with Gasteiger partial charge in [-0.15, -0.1) is 0 Å². The van der Waals surface area contributed by atoms with E-state index in [9.17, 15) is 18.3 Å².